The van der Waals surface area contributed by atoms with Crippen LogP contribution in [0.2, 0.25) is 0 Å². The summed E-state index contributed by atoms with van der Waals surface area (Å²) in [5.41, 5.74) is 1.19. The molecule has 0 aliphatic rings. The van der Waals surface area contributed by atoms with Crippen molar-refractivity contribution in [3.05, 3.63) is 111 Å². The summed E-state index contributed by atoms with van der Waals surface area (Å²) in [6, 6.07) is 20.4. The van der Waals surface area contributed by atoms with E-state index in [1.807, 2.05) is 24.3 Å². The molecule has 1 N–H and O–H groups in total. The number of benzene rings is 3. The molecule has 4 rings (SSSR count). The zero-order valence-electron chi connectivity index (χ0n) is 20.1. The number of hydrogen-bond acceptors (Lipinski definition) is 4. The van der Waals surface area contributed by atoms with Crippen LogP contribution in [0.4, 0.5) is 4.39 Å². The second kappa shape index (κ2) is 11.5. The minimum atomic E-state index is -0.455. The Bertz CT molecular complexity index is 1490. The van der Waals surface area contributed by atoms with Gasteiger partial charge in [-0.3, -0.25) is 18.7 Å². The zero-order chi connectivity index (χ0) is 25.5. The first kappa shape index (κ1) is 24.9. The third-order valence-corrected chi connectivity index (χ3v) is 6.07. The molecular weight excluding hydrogens is 461 g/mol. The molecule has 0 radical (unpaired) electrons. The van der Waals surface area contributed by atoms with Gasteiger partial charge in [-0.2, -0.15) is 0 Å². The van der Waals surface area contributed by atoms with E-state index in [2.05, 4.69) is 5.32 Å². The first-order valence-electron chi connectivity index (χ1n) is 11.8. The van der Waals surface area contributed by atoms with E-state index in [0.29, 0.717) is 41.6 Å². The summed E-state index contributed by atoms with van der Waals surface area (Å²) in [6.45, 7) is 0.686. The van der Waals surface area contributed by atoms with Crippen LogP contribution in [-0.2, 0) is 24.4 Å². The van der Waals surface area contributed by atoms with Crippen LogP contribution < -0.4 is 21.3 Å². The number of nitrogens with zero attached hydrogens (tertiary/aromatic N) is 2. The van der Waals surface area contributed by atoms with Crippen molar-refractivity contribution < 1.29 is 13.9 Å². The molecule has 3 aromatic carbocycles. The topological polar surface area (TPSA) is 82.3 Å². The van der Waals surface area contributed by atoms with Crippen LogP contribution in [0.1, 0.15) is 30.4 Å². The lowest BCUT2D eigenvalue weighted by atomic mass is 10.2. The van der Waals surface area contributed by atoms with E-state index in [-0.39, 0.29) is 36.8 Å². The monoisotopic (exact) mass is 489 g/mol. The highest BCUT2D eigenvalue weighted by molar-refractivity contribution is 5.78. The molecule has 186 valence electrons. The Morgan fingerprint density at radius 1 is 0.944 bits per heavy atom. The number of nitrogens with one attached hydrogen (secondary N) is 1. The second-order valence-corrected chi connectivity index (χ2v) is 8.52. The van der Waals surface area contributed by atoms with Crippen molar-refractivity contribution in [2.45, 2.75) is 38.9 Å². The third kappa shape index (κ3) is 5.71. The Kier molecular flexibility index (Phi) is 7.95. The fraction of sp³-hybridized carbons (Fsp3) is 0.250. The van der Waals surface area contributed by atoms with Gasteiger partial charge >= 0.3 is 5.69 Å². The van der Waals surface area contributed by atoms with Crippen molar-refractivity contribution in [2.24, 2.45) is 0 Å². The molecule has 1 aromatic heterocycles. The number of fused-ring (bicyclic) bond motifs is 1. The van der Waals surface area contributed by atoms with E-state index in [4.69, 9.17) is 4.74 Å². The van der Waals surface area contributed by atoms with Crippen LogP contribution in [0.3, 0.4) is 0 Å². The highest BCUT2D eigenvalue weighted by Gasteiger charge is 2.14. The Balaban J connectivity index is 1.44. The number of aromatic nitrogens is 2. The van der Waals surface area contributed by atoms with Crippen LogP contribution in [0.25, 0.3) is 10.9 Å². The van der Waals surface area contributed by atoms with Crippen LogP contribution in [-0.4, -0.2) is 22.2 Å². The number of carbonyl (C=O) groups excluding carboxylic acids is 1. The van der Waals surface area contributed by atoms with Gasteiger partial charge in [-0.1, -0.05) is 42.5 Å². The molecule has 8 heteroatoms. The molecule has 1 heterocycles. The molecule has 0 unspecified atom stereocenters. The maximum Gasteiger partial charge on any atom is 0.331 e. The standard InChI is InChI=1S/C28H28FN3O4/c1-36-25-14-5-2-10-21(25)18-30-26(33)15-6-7-16-31-27(34)23-12-3-4-13-24(23)32(28(31)35)19-20-9-8-11-22(29)17-20/h2-5,8-14,17H,6-7,15-16,18-19H2,1H3,(H,30,33). The van der Waals surface area contributed by atoms with E-state index < -0.39 is 5.69 Å². The van der Waals surface area contributed by atoms with E-state index >= 15 is 0 Å². The quantitative estimate of drug-likeness (QED) is 0.343. The van der Waals surface area contributed by atoms with E-state index in [1.165, 1.54) is 21.3 Å². The van der Waals surface area contributed by atoms with Gasteiger partial charge in [0.25, 0.3) is 5.56 Å². The number of hydrogen-bond donors (Lipinski definition) is 1. The first-order valence-corrected chi connectivity index (χ1v) is 11.8. The fourth-order valence-corrected chi connectivity index (χ4v) is 4.23. The number of ether oxygens (including phenoxy) is 1. The molecule has 1 amide bonds. The largest absolute Gasteiger partial charge is 0.496 e. The maximum absolute atomic E-state index is 13.7. The molecule has 0 aliphatic heterocycles. The molecule has 7 nitrogen and oxygen atoms in total. The van der Waals surface area contributed by atoms with Crippen LogP contribution in [0.5, 0.6) is 5.75 Å². The van der Waals surface area contributed by atoms with Gasteiger partial charge in [0, 0.05) is 25.1 Å². The van der Waals surface area contributed by atoms with Crippen molar-refractivity contribution in [1.29, 1.82) is 0 Å². The summed E-state index contributed by atoms with van der Waals surface area (Å²) in [5, 5.41) is 3.30. The summed E-state index contributed by atoms with van der Waals surface area (Å²) in [5.74, 6) is 0.209. The fourth-order valence-electron chi connectivity index (χ4n) is 4.23. The molecule has 0 atom stereocenters. The van der Waals surface area contributed by atoms with Crippen molar-refractivity contribution in [2.75, 3.05) is 7.11 Å². The number of methoxy groups -OCH3 is 1. The normalized spacial score (nSPS) is 10.9. The van der Waals surface area contributed by atoms with Crippen LogP contribution >= 0.6 is 0 Å². The van der Waals surface area contributed by atoms with Gasteiger partial charge in [0.2, 0.25) is 5.91 Å². The molecule has 0 fully saturated rings. The molecular formula is C28H28FN3O4. The van der Waals surface area contributed by atoms with Crippen LogP contribution in [0, 0.1) is 5.82 Å². The van der Waals surface area contributed by atoms with E-state index in [1.54, 1.807) is 43.5 Å². The summed E-state index contributed by atoms with van der Waals surface area (Å²) in [7, 11) is 1.58. The highest BCUT2D eigenvalue weighted by atomic mass is 19.1. The SMILES string of the molecule is COc1ccccc1CNC(=O)CCCCn1c(=O)c2ccccc2n(Cc2cccc(F)c2)c1=O. The number of amides is 1. The molecule has 0 saturated carbocycles. The Morgan fingerprint density at radius 2 is 1.72 bits per heavy atom. The lowest BCUT2D eigenvalue weighted by molar-refractivity contribution is -0.121. The minimum absolute atomic E-state index is 0.115. The van der Waals surface area contributed by atoms with Gasteiger partial charge in [0.15, 0.2) is 0 Å². The summed E-state index contributed by atoms with van der Waals surface area (Å²) >= 11 is 0. The smallest absolute Gasteiger partial charge is 0.331 e. The average molecular weight is 490 g/mol. The van der Waals surface area contributed by atoms with Crippen LogP contribution in [0.15, 0.2) is 82.4 Å². The average Bonchev–Trinajstić information content (AvgIpc) is 2.89. The Labute approximate surface area is 207 Å². The predicted octanol–water partition coefficient (Wildman–Crippen LogP) is 3.85. The number of carbonyl (C=O) groups is 1. The third-order valence-electron chi connectivity index (χ3n) is 6.07. The summed E-state index contributed by atoms with van der Waals surface area (Å²) in [6.07, 6.45) is 1.27. The van der Waals surface area contributed by atoms with Gasteiger partial charge in [-0.05, 0) is 48.7 Å². The predicted molar refractivity (Wildman–Crippen MR) is 137 cm³/mol. The van der Waals surface area contributed by atoms with Gasteiger partial charge in [-0.15, -0.1) is 0 Å². The molecule has 36 heavy (non-hydrogen) atoms. The van der Waals surface area contributed by atoms with Gasteiger partial charge < -0.3 is 10.1 Å². The number of unbranched alkanes of at least 4 members (excludes halogenated alkanes) is 1. The lowest BCUT2D eigenvalue weighted by Crippen LogP contribution is -2.40. The first-order chi connectivity index (χ1) is 17.5. The summed E-state index contributed by atoms with van der Waals surface area (Å²) in [4.78, 5) is 38.6. The summed E-state index contributed by atoms with van der Waals surface area (Å²) < 4.78 is 21.7. The van der Waals surface area contributed by atoms with Crippen molar-refractivity contribution >= 4 is 16.8 Å². The van der Waals surface area contributed by atoms with Gasteiger partial charge in [0.1, 0.15) is 11.6 Å². The Hall–Kier alpha value is -4.20. The molecule has 0 aliphatic carbocycles. The second-order valence-electron chi connectivity index (χ2n) is 8.52. The molecule has 0 spiro atoms. The number of para-hydroxylation sites is 2. The Morgan fingerprint density at radius 3 is 2.53 bits per heavy atom. The van der Waals surface area contributed by atoms with E-state index in [9.17, 15) is 18.8 Å². The maximum atomic E-state index is 13.7. The van der Waals surface area contributed by atoms with Crippen molar-refractivity contribution in [3.8, 4) is 5.75 Å². The van der Waals surface area contributed by atoms with Gasteiger partial charge in [0.05, 0.1) is 24.6 Å². The molecule has 0 saturated heterocycles. The molecule has 0 bridgehead atoms. The zero-order valence-corrected chi connectivity index (χ0v) is 20.1. The van der Waals surface area contributed by atoms with E-state index in [0.717, 1.165) is 5.56 Å². The molecule has 4 aromatic rings. The minimum Gasteiger partial charge on any atom is -0.496 e. The lowest BCUT2D eigenvalue weighted by Gasteiger charge is -2.14. The van der Waals surface area contributed by atoms with Crippen molar-refractivity contribution in [1.82, 2.24) is 14.5 Å². The van der Waals surface area contributed by atoms with Gasteiger partial charge in [-0.25, -0.2) is 9.18 Å². The highest BCUT2D eigenvalue weighted by Crippen LogP contribution is 2.17. The number of rotatable bonds is 10. The number of halogens is 1. The van der Waals surface area contributed by atoms with Crippen molar-refractivity contribution in [3.63, 3.8) is 0 Å².